The van der Waals surface area contributed by atoms with Crippen molar-refractivity contribution < 1.29 is 14.6 Å². The smallest absolute Gasteiger partial charge is 0.191 e. The van der Waals surface area contributed by atoms with Gasteiger partial charge in [0.1, 0.15) is 17.6 Å². The summed E-state index contributed by atoms with van der Waals surface area (Å²) < 4.78 is 10.7. The van der Waals surface area contributed by atoms with Crippen molar-refractivity contribution in [3.63, 3.8) is 0 Å². The summed E-state index contributed by atoms with van der Waals surface area (Å²) >= 11 is 0. The van der Waals surface area contributed by atoms with Gasteiger partial charge in [-0.1, -0.05) is 17.7 Å². The predicted molar refractivity (Wildman–Crippen MR) is 141 cm³/mol. The fourth-order valence-corrected chi connectivity index (χ4v) is 3.76. The SMILES string of the molecule is CCNC(=NCC(O)c1cc(OC)ccc1OC)NC1CCN(c2ccc(C)cc2)C1.I. The van der Waals surface area contributed by atoms with Crippen molar-refractivity contribution in [3.05, 3.63) is 53.6 Å². The highest BCUT2D eigenvalue weighted by Crippen LogP contribution is 2.29. The van der Waals surface area contributed by atoms with Crippen LogP contribution in [0.15, 0.2) is 47.5 Å². The molecule has 0 aliphatic carbocycles. The molecule has 1 fully saturated rings. The summed E-state index contributed by atoms with van der Waals surface area (Å²) in [6.07, 6.45) is 0.234. The summed E-state index contributed by atoms with van der Waals surface area (Å²) in [5, 5.41) is 17.5. The van der Waals surface area contributed by atoms with E-state index in [2.05, 4.69) is 51.7 Å². The number of guanidine groups is 1. The number of nitrogens with one attached hydrogen (secondary N) is 2. The van der Waals surface area contributed by atoms with Crippen molar-refractivity contribution in [2.75, 3.05) is 45.3 Å². The van der Waals surface area contributed by atoms with Gasteiger partial charge in [0.05, 0.1) is 20.8 Å². The van der Waals surface area contributed by atoms with Crippen LogP contribution in [0.25, 0.3) is 0 Å². The van der Waals surface area contributed by atoms with Crippen molar-refractivity contribution in [1.82, 2.24) is 10.6 Å². The van der Waals surface area contributed by atoms with Gasteiger partial charge in [-0.25, -0.2) is 0 Å². The van der Waals surface area contributed by atoms with Gasteiger partial charge in [0.15, 0.2) is 5.96 Å². The molecule has 0 aromatic heterocycles. The van der Waals surface area contributed by atoms with Gasteiger partial charge in [-0.05, 0) is 50.6 Å². The zero-order chi connectivity index (χ0) is 22.2. The monoisotopic (exact) mass is 554 g/mol. The first-order chi connectivity index (χ1) is 15.0. The predicted octanol–water partition coefficient (Wildman–Crippen LogP) is 3.50. The first kappa shape index (κ1) is 26.1. The number of aryl methyl sites for hydroxylation is 1. The summed E-state index contributed by atoms with van der Waals surface area (Å²) in [4.78, 5) is 7.01. The van der Waals surface area contributed by atoms with Gasteiger partial charge >= 0.3 is 0 Å². The first-order valence-electron chi connectivity index (χ1n) is 10.8. The quantitative estimate of drug-likeness (QED) is 0.264. The molecule has 1 heterocycles. The highest BCUT2D eigenvalue weighted by atomic mass is 127. The van der Waals surface area contributed by atoms with Crippen molar-refractivity contribution in [2.24, 2.45) is 4.99 Å². The number of aliphatic hydroxyl groups excluding tert-OH is 1. The van der Waals surface area contributed by atoms with E-state index in [4.69, 9.17) is 9.47 Å². The lowest BCUT2D eigenvalue weighted by Gasteiger charge is -2.21. The van der Waals surface area contributed by atoms with Crippen LogP contribution >= 0.6 is 24.0 Å². The molecule has 3 rings (SSSR count). The van der Waals surface area contributed by atoms with Crippen molar-refractivity contribution >= 4 is 35.6 Å². The highest BCUT2D eigenvalue weighted by molar-refractivity contribution is 14.0. The van der Waals surface area contributed by atoms with E-state index in [-0.39, 0.29) is 30.5 Å². The van der Waals surface area contributed by atoms with E-state index in [1.807, 2.05) is 13.0 Å². The number of aliphatic imine (C=N–C) groups is 1. The summed E-state index contributed by atoms with van der Waals surface area (Å²) in [6.45, 7) is 7.02. The average molecular weight is 554 g/mol. The number of methoxy groups -OCH3 is 2. The molecule has 1 aliphatic heterocycles. The minimum absolute atomic E-state index is 0. The van der Waals surface area contributed by atoms with E-state index in [1.165, 1.54) is 11.3 Å². The van der Waals surface area contributed by atoms with E-state index in [1.54, 1.807) is 26.4 Å². The maximum absolute atomic E-state index is 10.7. The van der Waals surface area contributed by atoms with E-state index in [0.717, 1.165) is 26.1 Å². The Morgan fingerprint density at radius 2 is 1.94 bits per heavy atom. The molecule has 0 saturated carbocycles. The van der Waals surface area contributed by atoms with Crippen LogP contribution in [0, 0.1) is 6.92 Å². The molecule has 0 amide bonds. The number of halogens is 1. The third kappa shape index (κ3) is 6.90. The second-order valence-electron chi connectivity index (χ2n) is 7.75. The number of hydrogen-bond donors (Lipinski definition) is 3. The molecule has 2 aromatic carbocycles. The Labute approximate surface area is 208 Å². The number of aliphatic hydroxyl groups is 1. The minimum atomic E-state index is -0.798. The lowest BCUT2D eigenvalue weighted by molar-refractivity contribution is 0.182. The number of nitrogens with zero attached hydrogens (tertiary/aromatic N) is 2. The van der Waals surface area contributed by atoms with Crippen molar-refractivity contribution in [3.8, 4) is 11.5 Å². The number of rotatable bonds is 8. The molecule has 176 valence electrons. The van der Waals surface area contributed by atoms with Gasteiger partial charge in [0, 0.05) is 36.9 Å². The summed E-state index contributed by atoms with van der Waals surface area (Å²) in [6, 6.07) is 14.3. The van der Waals surface area contributed by atoms with Crippen LogP contribution in [0.3, 0.4) is 0 Å². The summed E-state index contributed by atoms with van der Waals surface area (Å²) in [5.41, 5.74) is 3.18. The molecule has 0 spiro atoms. The van der Waals surface area contributed by atoms with Crippen LogP contribution < -0.4 is 25.0 Å². The molecule has 2 atom stereocenters. The molecule has 32 heavy (non-hydrogen) atoms. The zero-order valence-corrected chi connectivity index (χ0v) is 21.6. The molecule has 7 nitrogen and oxygen atoms in total. The molecule has 2 aromatic rings. The average Bonchev–Trinajstić information content (AvgIpc) is 3.25. The fraction of sp³-hybridized carbons (Fsp3) is 0.458. The second kappa shape index (κ2) is 12.7. The molecule has 0 radical (unpaired) electrons. The Morgan fingerprint density at radius 3 is 2.59 bits per heavy atom. The minimum Gasteiger partial charge on any atom is -0.497 e. The first-order valence-corrected chi connectivity index (χ1v) is 10.8. The summed E-state index contributed by atoms with van der Waals surface area (Å²) in [5.74, 6) is 2.00. The van der Waals surface area contributed by atoms with Crippen LogP contribution in [0.4, 0.5) is 5.69 Å². The van der Waals surface area contributed by atoms with E-state index in [0.29, 0.717) is 29.1 Å². The Morgan fingerprint density at radius 1 is 1.19 bits per heavy atom. The molecule has 2 unspecified atom stereocenters. The maximum Gasteiger partial charge on any atom is 0.191 e. The van der Waals surface area contributed by atoms with Gasteiger partial charge in [-0.15, -0.1) is 24.0 Å². The van der Waals surface area contributed by atoms with Gasteiger partial charge < -0.3 is 30.1 Å². The van der Waals surface area contributed by atoms with Gasteiger partial charge in [0.2, 0.25) is 0 Å². The topological polar surface area (TPSA) is 78.4 Å². The van der Waals surface area contributed by atoms with Crippen molar-refractivity contribution in [1.29, 1.82) is 0 Å². The van der Waals surface area contributed by atoms with Crippen LogP contribution in [0.5, 0.6) is 11.5 Å². The van der Waals surface area contributed by atoms with Crippen LogP contribution in [-0.2, 0) is 0 Å². The van der Waals surface area contributed by atoms with Gasteiger partial charge in [0.25, 0.3) is 0 Å². The Balaban J connectivity index is 0.00000363. The normalized spacial score (nSPS) is 16.8. The third-order valence-corrected chi connectivity index (χ3v) is 5.49. The van der Waals surface area contributed by atoms with E-state index >= 15 is 0 Å². The van der Waals surface area contributed by atoms with E-state index < -0.39 is 6.10 Å². The lowest BCUT2D eigenvalue weighted by Crippen LogP contribution is -2.44. The molecule has 8 heteroatoms. The summed E-state index contributed by atoms with van der Waals surface area (Å²) in [7, 11) is 3.19. The van der Waals surface area contributed by atoms with Gasteiger partial charge in [-0.3, -0.25) is 4.99 Å². The number of benzene rings is 2. The van der Waals surface area contributed by atoms with Crippen LogP contribution in [0.1, 0.15) is 30.6 Å². The van der Waals surface area contributed by atoms with E-state index in [9.17, 15) is 5.11 Å². The van der Waals surface area contributed by atoms with Crippen molar-refractivity contribution in [2.45, 2.75) is 32.4 Å². The molecular weight excluding hydrogens is 519 g/mol. The standard InChI is InChI=1S/C24H34N4O3.HI/c1-5-25-24(26-15-22(29)21-14-20(30-3)10-11-23(21)31-4)27-18-12-13-28(16-18)19-8-6-17(2)7-9-19;/h6-11,14,18,22,29H,5,12-13,15-16H2,1-4H3,(H2,25,26,27);1H. The van der Waals surface area contributed by atoms with Crippen LogP contribution in [-0.4, -0.2) is 57.5 Å². The van der Waals surface area contributed by atoms with Crippen LogP contribution in [0.2, 0.25) is 0 Å². The Bertz CT molecular complexity index is 876. The van der Waals surface area contributed by atoms with Gasteiger partial charge in [-0.2, -0.15) is 0 Å². The molecule has 1 aliphatic rings. The zero-order valence-electron chi connectivity index (χ0n) is 19.3. The lowest BCUT2D eigenvalue weighted by atomic mass is 10.1. The number of hydrogen-bond acceptors (Lipinski definition) is 5. The molecule has 1 saturated heterocycles. The highest BCUT2D eigenvalue weighted by Gasteiger charge is 2.23. The maximum atomic E-state index is 10.7. The molecule has 0 bridgehead atoms. The largest absolute Gasteiger partial charge is 0.497 e. The Kier molecular flexibility index (Phi) is 10.4. The third-order valence-electron chi connectivity index (χ3n) is 5.49. The molecular formula is C24H35IN4O3. The fourth-order valence-electron chi connectivity index (χ4n) is 3.76. The number of anilines is 1. The second-order valence-corrected chi connectivity index (χ2v) is 7.75. The molecule has 3 N–H and O–H groups in total. The number of ether oxygens (including phenoxy) is 2. The Hall–Kier alpha value is -2.20.